The Labute approximate surface area is 121 Å². The van der Waals surface area contributed by atoms with Crippen molar-refractivity contribution >= 4 is 10.1 Å². The van der Waals surface area contributed by atoms with Crippen LogP contribution in [0, 0.1) is 0 Å². The van der Waals surface area contributed by atoms with Gasteiger partial charge in [-0.1, -0.05) is 6.07 Å². The molecule has 0 saturated heterocycles. The fraction of sp³-hybridized carbons (Fsp3) is 0. The van der Waals surface area contributed by atoms with Crippen LogP contribution in [0.5, 0.6) is 0 Å². The summed E-state index contributed by atoms with van der Waals surface area (Å²) in [4.78, 5) is 7.58. The van der Waals surface area contributed by atoms with Crippen molar-refractivity contribution in [1.29, 1.82) is 0 Å². The van der Waals surface area contributed by atoms with Crippen LogP contribution in [0.4, 0.5) is 0 Å². The van der Waals surface area contributed by atoms with Crippen LogP contribution in [-0.4, -0.2) is 22.9 Å². The number of rotatable bonds is 2. The Hall–Kier alpha value is -0.790. The fourth-order valence-electron chi connectivity index (χ4n) is 1.19. The summed E-state index contributed by atoms with van der Waals surface area (Å²) in [6.07, 6.45) is 2.64. The van der Waals surface area contributed by atoms with E-state index in [-0.39, 0.29) is 34.5 Å². The summed E-state index contributed by atoms with van der Waals surface area (Å²) in [6.45, 7) is 0. The minimum atomic E-state index is -4.43. The molecule has 0 spiro atoms. The van der Waals surface area contributed by atoms with Crippen LogP contribution < -0.4 is 29.6 Å². The molecule has 82 valence electrons. The summed E-state index contributed by atoms with van der Waals surface area (Å²) in [5.41, 5.74) is 1.14. The molecule has 7 heteroatoms. The van der Waals surface area contributed by atoms with Crippen molar-refractivity contribution in [2.45, 2.75) is 4.90 Å². The Kier molecular flexibility index (Phi) is 4.79. The van der Waals surface area contributed by atoms with Crippen LogP contribution in [0.3, 0.4) is 0 Å². The average molecular weight is 258 g/mol. The van der Waals surface area contributed by atoms with Gasteiger partial charge in [0.15, 0.2) is 0 Å². The van der Waals surface area contributed by atoms with Gasteiger partial charge in [-0.15, -0.1) is 0 Å². The molecule has 0 aromatic carbocycles. The van der Waals surface area contributed by atoms with Gasteiger partial charge in [-0.3, -0.25) is 9.97 Å². The van der Waals surface area contributed by atoms with Gasteiger partial charge in [-0.25, -0.2) is 8.42 Å². The second-order valence-corrected chi connectivity index (χ2v) is 4.43. The van der Waals surface area contributed by atoms with E-state index in [9.17, 15) is 13.0 Å². The molecule has 2 aromatic heterocycles. The molecule has 0 N–H and O–H groups in total. The zero-order valence-electron chi connectivity index (χ0n) is 9.07. The van der Waals surface area contributed by atoms with E-state index in [1.54, 1.807) is 24.4 Å². The summed E-state index contributed by atoms with van der Waals surface area (Å²) in [5.74, 6) is 0. The molecule has 5 nitrogen and oxygen atoms in total. The van der Waals surface area contributed by atoms with Gasteiger partial charge in [-0.05, 0) is 24.3 Å². The van der Waals surface area contributed by atoms with E-state index >= 15 is 0 Å². The second kappa shape index (κ2) is 5.70. The zero-order chi connectivity index (χ0) is 11.6. The third-order valence-corrected chi connectivity index (χ3v) is 2.77. The number of hydrogen-bond acceptors (Lipinski definition) is 5. The van der Waals surface area contributed by atoms with Crippen molar-refractivity contribution in [3.63, 3.8) is 0 Å². The van der Waals surface area contributed by atoms with E-state index in [2.05, 4.69) is 9.97 Å². The number of nitrogens with zero attached hydrogens (tertiary/aromatic N) is 2. The molecule has 0 aliphatic carbocycles. The third kappa shape index (κ3) is 3.58. The maximum absolute atomic E-state index is 10.7. The standard InChI is InChI=1S/C10H8N2O3S.Na/c13-16(14,15)8-4-5-10(12-7-8)9-3-1-2-6-11-9;/h1-7H,(H,13,14,15);/q;+1/p-1. The monoisotopic (exact) mass is 258 g/mol. The molecule has 0 saturated carbocycles. The Morgan fingerprint density at radius 2 is 1.71 bits per heavy atom. The summed E-state index contributed by atoms with van der Waals surface area (Å²) in [6, 6.07) is 7.97. The molecule has 2 aromatic rings. The van der Waals surface area contributed by atoms with Crippen molar-refractivity contribution in [1.82, 2.24) is 9.97 Å². The zero-order valence-corrected chi connectivity index (χ0v) is 11.9. The Morgan fingerprint density at radius 3 is 2.18 bits per heavy atom. The van der Waals surface area contributed by atoms with Crippen molar-refractivity contribution in [3.8, 4) is 11.4 Å². The fourth-order valence-corrected chi connectivity index (χ4v) is 1.61. The van der Waals surface area contributed by atoms with Gasteiger partial charge in [0.2, 0.25) is 0 Å². The summed E-state index contributed by atoms with van der Waals surface area (Å²) in [5, 5.41) is 0. The Bertz CT molecular complexity index is 585. The quantitative estimate of drug-likeness (QED) is 0.462. The number of pyridine rings is 2. The molecular formula is C10H7N2NaO3S. The predicted octanol–water partition coefficient (Wildman–Crippen LogP) is -1.95. The van der Waals surface area contributed by atoms with E-state index < -0.39 is 10.1 Å². The summed E-state index contributed by atoms with van der Waals surface area (Å²) < 4.78 is 32.0. The number of hydrogen-bond donors (Lipinski definition) is 0. The van der Waals surface area contributed by atoms with Gasteiger partial charge in [0, 0.05) is 12.4 Å². The van der Waals surface area contributed by atoms with E-state index in [0.717, 1.165) is 6.20 Å². The minimum Gasteiger partial charge on any atom is -0.744 e. The smallest absolute Gasteiger partial charge is 0.744 e. The maximum atomic E-state index is 10.7. The van der Waals surface area contributed by atoms with Crippen molar-refractivity contribution in [2.24, 2.45) is 0 Å². The number of aromatic nitrogens is 2. The summed E-state index contributed by atoms with van der Waals surface area (Å²) >= 11 is 0. The normalized spacial score (nSPS) is 10.6. The first-order valence-corrected chi connectivity index (χ1v) is 5.81. The molecule has 0 aliphatic rings. The van der Waals surface area contributed by atoms with E-state index in [1.807, 2.05) is 0 Å². The van der Waals surface area contributed by atoms with Crippen LogP contribution in [0.2, 0.25) is 0 Å². The third-order valence-electron chi connectivity index (χ3n) is 1.95. The first-order valence-electron chi connectivity index (χ1n) is 4.41. The molecule has 0 unspecified atom stereocenters. The first-order chi connectivity index (χ1) is 7.57. The molecule has 17 heavy (non-hydrogen) atoms. The van der Waals surface area contributed by atoms with Gasteiger partial charge in [0.1, 0.15) is 10.1 Å². The maximum Gasteiger partial charge on any atom is 1.00 e. The van der Waals surface area contributed by atoms with Gasteiger partial charge in [-0.2, -0.15) is 0 Å². The first kappa shape index (κ1) is 14.3. The van der Waals surface area contributed by atoms with Crippen LogP contribution in [-0.2, 0) is 10.1 Å². The molecule has 0 amide bonds. The van der Waals surface area contributed by atoms with Gasteiger partial charge in [0.05, 0.1) is 16.3 Å². The predicted molar refractivity (Wildman–Crippen MR) is 55.4 cm³/mol. The molecule has 2 heterocycles. The van der Waals surface area contributed by atoms with Crippen molar-refractivity contribution in [2.75, 3.05) is 0 Å². The van der Waals surface area contributed by atoms with Crippen LogP contribution in [0.25, 0.3) is 11.4 Å². The molecule has 0 aliphatic heterocycles. The van der Waals surface area contributed by atoms with E-state index in [4.69, 9.17) is 0 Å². The average Bonchev–Trinajstić information content (AvgIpc) is 2.29. The van der Waals surface area contributed by atoms with E-state index in [0.29, 0.717) is 11.4 Å². The topological polar surface area (TPSA) is 83.0 Å². The van der Waals surface area contributed by atoms with Crippen LogP contribution >= 0.6 is 0 Å². The van der Waals surface area contributed by atoms with Gasteiger partial charge >= 0.3 is 29.6 Å². The van der Waals surface area contributed by atoms with Crippen LogP contribution in [0.15, 0.2) is 47.6 Å². The summed E-state index contributed by atoms with van der Waals surface area (Å²) in [7, 11) is -4.43. The molecular weight excluding hydrogens is 251 g/mol. The van der Waals surface area contributed by atoms with Crippen molar-refractivity contribution in [3.05, 3.63) is 42.7 Å². The molecule has 0 atom stereocenters. The molecule has 0 radical (unpaired) electrons. The van der Waals surface area contributed by atoms with Gasteiger partial charge < -0.3 is 4.55 Å². The Morgan fingerprint density at radius 1 is 1.00 bits per heavy atom. The largest absolute Gasteiger partial charge is 1.00 e. The molecule has 0 fully saturated rings. The van der Waals surface area contributed by atoms with Crippen molar-refractivity contribution < 1.29 is 42.5 Å². The molecule has 0 bridgehead atoms. The van der Waals surface area contributed by atoms with Crippen LogP contribution in [0.1, 0.15) is 0 Å². The second-order valence-electron chi connectivity index (χ2n) is 3.05. The Balaban J connectivity index is 0.00000144. The van der Waals surface area contributed by atoms with E-state index in [1.165, 1.54) is 12.1 Å². The van der Waals surface area contributed by atoms with Gasteiger partial charge in [0.25, 0.3) is 0 Å². The molecule has 2 rings (SSSR count). The minimum absolute atomic E-state index is 0. The SMILES string of the molecule is O=S(=O)([O-])c1ccc(-c2ccccn2)nc1.[Na+].